The Kier molecular flexibility index (Phi) is 4.62. The Morgan fingerprint density at radius 2 is 1.33 bits per heavy atom. The Balaban J connectivity index is 2.27. The number of ether oxygens (including phenoxy) is 1. The quantitative estimate of drug-likeness (QED) is 0.799. The van der Waals surface area contributed by atoms with Crippen molar-refractivity contribution in [2.75, 3.05) is 6.61 Å². The Morgan fingerprint density at radius 3 is 1.71 bits per heavy atom. The predicted octanol–water partition coefficient (Wildman–Crippen LogP) is 3.92. The molecule has 21 heavy (non-hydrogen) atoms. The van der Waals surface area contributed by atoms with Crippen molar-refractivity contribution in [3.05, 3.63) is 71.8 Å². The first-order chi connectivity index (χ1) is 9.97. The Hall–Kier alpha value is -2.30. The van der Waals surface area contributed by atoms with Crippen LogP contribution in [0.25, 0.3) is 0 Å². The van der Waals surface area contributed by atoms with E-state index in [-0.39, 0.29) is 0 Å². The van der Waals surface area contributed by atoms with Gasteiger partial charge in [-0.2, -0.15) is 13.2 Å². The van der Waals surface area contributed by atoms with Gasteiger partial charge in [-0.05, 0) is 11.1 Å². The van der Waals surface area contributed by atoms with Crippen molar-refractivity contribution in [2.45, 2.75) is 12.1 Å². The highest BCUT2D eigenvalue weighted by atomic mass is 19.4. The van der Waals surface area contributed by atoms with Crippen molar-refractivity contribution in [2.24, 2.45) is 0 Å². The molecule has 0 atom stereocenters. The molecule has 2 aromatic carbocycles. The Labute approximate surface area is 120 Å². The molecule has 2 nitrogen and oxygen atoms in total. The van der Waals surface area contributed by atoms with Crippen molar-refractivity contribution in [3.63, 3.8) is 0 Å². The molecule has 0 fully saturated rings. The molecule has 0 radical (unpaired) electrons. The number of hydrogen-bond donors (Lipinski definition) is 0. The molecule has 0 heterocycles. The van der Waals surface area contributed by atoms with Crippen molar-refractivity contribution in [3.8, 4) is 0 Å². The van der Waals surface area contributed by atoms with E-state index < -0.39 is 24.7 Å². The van der Waals surface area contributed by atoms with Crippen LogP contribution < -0.4 is 0 Å². The fourth-order valence-electron chi connectivity index (χ4n) is 1.99. The third-order valence-electron chi connectivity index (χ3n) is 2.88. The Morgan fingerprint density at radius 1 is 0.905 bits per heavy atom. The molecule has 0 N–H and O–H groups in total. The largest absolute Gasteiger partial charge is 0.455 e. The van der Waals surface area contributed by atoms with E-state index in [0.717, 1.165) is 0 Å². The zero-order valence-corrected chi connectivity index (χ0v) is 11.0. The lowest BCUT2D eigenvalue weighted by Gasteiger charge is -2.17. The fraction of sp³-hybridized carbons (Fsp3) is 0.188. The molecule has 0 amide bonds. The van der Waals surface area contributed by atoms with Crippen molar-refractivity contribution < 1.29 is 22.7 Å². The van der Waals surface area contributed by atoms with E-state index in [1.807, 2.05) is 0 Å². The van der Waals surface area contributed by atoms with Crippen LogP contribution in [0.5, 0.6) is 0 Å². The van der Waals surface area contributed by atoms with E-state index in [1.165, 1.54) is 0 Å². The number of esters is 1. The maximum absolute atomic E-state index is 12.2. The van der Waals surface area contributed by atoms with Gasteiger partial charge in [0.05, 0.1) is 0 Å². The highest BCUT2D eigenvalue weighted by molar-refractivity contribution is 5.82. The predicted molar refractivity (Wildman–Crippen MR) is 71.7 cm³/mol. The van der Waals surface area contributed by atoms with Gasteiger partial charge >= 0.3 is 12.1 Å². The number of carbonyl (C=O) groups excluding carboxylic acids is 1. The molecule has 0 bridgehead atoms. The van der Waals surface area contributed by atoms with Crippen molar-refractivity contribution in [1.82, 2.24) is 0 Å². The van der Waals surface area contributed by atoms with Gasteiger partial charge < -0.3 is 4.74 Å². The third-order valence-corrected chi connectivity index (χ3v) is 2.88. The summed E-state index contributed by atoms with van der Waals surface area (Å²) in [6.45, 7) is -1.58. The van der Waals surface area contributed by atoms with Gasteiger partial charge in [-0.3, -0.25) is 4.79 Å². The van der Waals surface area contributed by atoms with Gasteiger partial charge in [0.1, 0.15) is 5.92 Å². The maximum Gasteiger partial charge on any atom is 0.422 e. The van der Waals surface area contributed by atoms with Crippen LogP contribution in [0, 0.1) is 0 Å². The van der Waals surface area contributed by atoms with Gasteiger partial charge in [0.25, 0.3) is 0 Å². The average molecular weight is 294 g/mol. The summed E-state index contributed by atoms with van der Waals surface area (Å²) in [5, 5.41) is 0. The maximum atomic E-state index is 12.2. The highest BCUT2D eigenvalue weighted by Crippen LogP contribution is 2.27. The zero-order valence-electron chi connectivity index (χ0n) is 11.0. The second-order valence-electron chi connectivity index (χ2n) is 4.48. The van der Waals surface area contributed by atoms with Gasteiger partial charge in [-0.15, -0.1) is 0 Å². The summed E-state index contributed by atoms with van der Waals surface area (Å²) < 4.78 is 41.0. The molecule has 0 unspecified atom stereocenters. The topological polar surface area (TPSA) is 26.3 Å². The minimum atomic E-state index is -4.53. The number of halogens is 3. The van der Waals surface area contributed by atoms with E-state index in [2.05, 4.69) is 4.74 Å². The standard InChI is InChI=1S/C16H13F3O2/c17-16(18,19)11-21-15(20)14(12-7-3-1-4-8-12)13-9-5-2-6-10-13/h1-10,14H,11H2. The average Bonchev–Trinajstić information content (AvgIpc) is 2.47. The molecular weight excluding hydrogens is 281 g/mol. The van der Waals surface area contributed by atoms with Crippen molar-refractivity contribution >= 4 is 5.97 Å². The summed E-state index contributed by atoms with van der Waals surface area (Å²) in [6, 6.07) is 17.2. The van der Waals surface area contributed by atoms with Gasteiger partial charge in [-0.25, -0.2) is 0 Å². The first kappa shape index (κ1) is 15.1. The molecule has 0 aliphatic carbocycles. The first-order valence-electron chi connectivity index (χ1n) is 6.30. The molecule has 2 rings (SSSR count). The van der Waals surface area contributed by atoms with Crippen LogP contribution in [0.1, 0.15) is 17.0 Å². The van der Waals surface area contributed by atoms with Crippen LogP contribution in [0.3, 0.4) is 0 Å². The second kappa shape index (κ2) is 6.43. The SMILES string of the molecule is O=C(OCC(F)(F)F)C(c1ccccc1)c1ccccc1. The number of carbonyl (C=O) groups is 1. The summed E-state index contributed by atoms with van der Waals surface area (Å²) in [4.78, 5) is 12.1. The normalized spacial score (nSPS) is 11.4. The van der Waals surface area contributed by atoms with Crippen LogP contribution in [0.2, 0.25) is 0 Å². The van der Waals surface area contributed by atoms with Gasteiger partial charge in [-0.1, -0.05) is 60.7 Å². The molecule has 0 spiro atoms. The lowest BCUT2D eigenvalue weighted by Crippen LogP contribution is -2.24. The number of hydrogen-bond acceptors (Lipinski definition) is 2. The molecule has 0 aliphatic heterocycles. The van der Waals surface area contributed by atoms with E-state index in [9.17, 15) is 18.0 Å². The molecular formula is C16H13F3O2. The van der Waals surface area contributed by atoms with E-state index in [0.29, 0.717) is 11.1 Å². The Bertz CT molecular complexity index is 540. The van der Waals surface area contributed by atoms with Gasteiger partial charge in [0, 0.05) is 0 Å². The number of alkyl halides is 3. The highest BCUT2D eigenvalue weighted by Gasteiger charge is 2.32. The van der Waals surface area contributed by atoms with E-state index in [4.69, 9.17) is 0 Å². The van der Waals surface area contributed by atoms with Crippen molar-refractivity contribution in [1.29, 1.82) is 0 Å². The summed E-state index contributed by atoms with van der Waals surface area (Å²) in [5.41, 5.74) is 1.19. The van der Waals surface area contributed by atoms with E-state index in [1.54, 1.807) is 60.7 Å². The molecule has 0 aliphatic rings. The molecule has 110 valence electrons. The van der Waals surface area contributed by atoms with Crippen LogP contribution in [-0.4, -0.2) is 18.8 Å². The molecule has 5 heteroatoms. The molecule has 0 aromatic heterocycles. The van der Waals surface area contributed by atoms with Crippen LogP contribution in [0.4, 0.5) is 13.2 Å². The van der Waals surface area contributed by atoms with Crippen LogP contribution in [-0.2, 0) is 9.53 Å². The zero-order chi connectivity index (χ0) is 15.3. The van der Waals surface area contributed by atoms with Crippen LogP contribution in [0.15, 0.2) is 60.7 Å². The lowest BCUT2D eigenvalue weighted by atomic mass is 9.91. The lowest BCUT2D eigenvalue weighted by molar-refractivity contribution is -0.186. The molecule has 0 saturated carbocycles. The van der Waals surface area contributed by atoms with E-state index >= 15 is 0 Å². The minimum absolute atomic E-state index is 0.593. The van der Waals surface area contributed by atoms with Gasteiger partial charge in [0.2, 0.25) is 0 Å². The fourth-order valence-corrected chi connectivity index (χ4v) is 1.99. The summed E-state index contributed by atoms with van der Waals surface area (Å²) in [6.07, 6.45) is -4.53. The molecule has 2 aromatic rings. The van der Waals surface area contributed by atoms with Gasteiger partial charge in [0.15, 0.2) is 6.61 Å². The number of rotatable bonds is 4. The summed E-state index contributed by atoms with van der Waals surface area (Å²) >= 11 is 0. The second-order valence-corrected chi connectivity index (χ2v) is 4.48. The summed E-state index contributed by atoms with van der Waals surface area (Å²) in [5.74, 6) is -1.78. The molecule has 0 saturated heterocycles. The smallest absolute Gasteiger partial charge is 0.422 e. The monoisotopic (exact) mass is 294 g/mol. The third kappa shape index (κ3) is 4.34. The van der Waals surface area contributed by atoms with Crippen LogP contribution >= 0.6 is 0 Å². The first-order valence-corrected chi connectivity index (χ1v) is 6.30. The number of benzene rings is 2. The minimum Gasteiger partial charge on any atom is -0.455 e. The summed E-state index contributed by atoms with van der Waals surface area (Å²) in [7, 11) is 0.